The van der Waals surface area contributed by atoms with Crippen molar-refractivity contribution in [1.29, 1.82) is 0 Å². The highest BCUT2D eigenvalue weighted by atomic mass is 32.2. The van der Waals surface area contributed by atoms with Gasteiger partial charge in [-0.3, -0.25) is 4.79 Å². The van der Waals surface area contributed by atoms with Gasteiger partial charge in [-0.15, -0.1) is 0 Å². The Bertz CT molecular complexity index is 1010. The van der Waals surface area contributed by atoms with E-state index in [1.165, 1.54) is 22.9 Å². The van der Waals surface area contributed by atoms with Crippen LogP contribution in [0.2, 0.25) is 0 Å². The first-order valence-electron chi connectivity index (χ1n) is 9.80. The average molecular weight is 404 g/mol. The van der Waals surface area contributed by atoms with Crippen molar-refractivity contribution in [2.24, 2.45) is 0 Å². The SMILES string of the molecule is CC1(C)C[C@@](C)(c2ccccc2)c2ccccc2N1C(=O)CSc1ncccn1. The minimum absolute atomic E-state index is 0.0787. The number of para-hydroxylation sites is 1. The standard InChI is InChI=1S/C24H25N3OS/c1-23(2)17-24(3,18-10-5-4-6-11-18)19-12-7-8-13-20(19)27(23)21(28)16-29-22-25-14-9-15-26-22/h4-15H,16-17H2,1-3H3/t24-/m0/s1. The van der Waals surface area contributed by atoms with Gasteiger partial charge in [-0.25, -0.2) is 9.97 Å². The molecule has 0 unspecified atom stereocenters. The lowest BCUT2D eigenvalue weighted by Crippen LogP contribution is -2.56. The van der Waals surface area contributed by atoms with Crippen LogP contribution in [0, 0.1) is 0 Å². The predicted octanol–water partition coefficient (Wildman–Crippen LogP) is 5.09. The number of rotatable bonds is 4. The van der Waals surface area contributed by atoms with Gasteiger partial charge in [0.15, 0.2) is 5.16 Å². The smallest absolute Gasteiger partial charge is 0.237 e. The van der Waals surface area contributed by atoms with Crippen LogP contribution in [0.15, 0.2) is 78.2 Å². The second kappa shape index (κ2) is 7.64. The topological polar surface area (TPSA) is 46.1 Å². The maximum atomic E-state index is 13.3. The van der Waals surface area contributed by atoms with Crippen molar-refractivity contribution < 1.29 is 4.79 Å². The zero-order valence-corrected chi connectivity index (χ0v) is 17.8. The lowest BCUT2D eigenvalue weighted by Gasteiger charge is -2.51. The quantitative estimate of drug-likeness (QED) is 0.450. The average Bonchev–Trinajstić information content (AvgIpc) is 2.73. The lowest BCUT2D eigenvalue weighted by molar-refractivity contribution is -0.117. The van der Waals surface area contributed by atoms with Crippen LogP contribution in [0.4, 0.5) is 5.69 Å². The van der Waals surface area contributed by atoms with E-state index in [4.69, 9.17) is 0 Å². The van der Waals surface area contributed by atoms with Crippen molar-refractivity contribution in [3.8, 4) is 0 Å². The van der Waals surface area contributed by atoms with Gasteiger partial charge < -0.3 is 4.90 Å². The Morgan fingerprint density at radius 2 is 1.62 bits per heavy atom. The molecular formula is C24H25N3OS. The van der Waals surface area contributed by atoms with Gasteiger partial charge in [0.05, 0.1) is 5.75 Å². The Labute approximate surface area is 176 Å². The number of fused-ring (bicyclic) bond motifs is 1. The van der Waals surface area contributed by atoms with Gasteiger partial charge in [-0.05, 0) is 43.5 Å². The van der Waals surface area contributed by atoms with Gasteiger partial charge in [-0.1, -0.05) is 67.2 Å². The molecule has 0 fully saturated rings. The third-order valence-corrected chi connectivity index (χ3v) is 6.52. The van der Waals surface area contributed by atoms with E-state index >= 15 is 0 Å². The van der Waals surface area contributed by atoms with Gasteiger partial charge in [0.2, 0.25) is 5.91 Å². The molecule has 1 aliphatic rings. The van der Waals surface area contributed by atoms with Crippen molar-refractivity contribution in [2.75, 3.05) is 10.7 Å². The van der Waals surface area contributed by atoms with Crippen molar-refractivity contribution in [3.63, 3.8) is 0 Å². The Balaban J connectivity index is 1.71. The summed E-state index contributed by atoms with van der Waals surface area (Å²) in [5.41, 5.74) is 2.98. The molecule has 0 saturated heterocycles. The fourth-order valence-electron chi connectivity index (χ4n) is 4.59. The molecule has 1 atom stereocenters. The lowest BCUT2D eigenvalue weighted by atomic mass is 9.65. The largest absolute Gasteiger partial charge is 0.306 e. The summed E-state index contributed by atoms with van der Waals surface area (Å²) < 4.78 is 0. The molecule has 2 heterocycles. The highest BCUT2D eigenvalue weighted by Gasteiger charge is 2.47. The Morgan fingerprint density at radius 1 is 0.966 bits per heavy atom. The highest BCUT2D eigenvalue weighted by molar-refractivity contribution is 7.99. The molecule has 29 heavy (non-hydrogen) atoms. The van der Waals surface area contributed by atoms with E-state index < -0.39 is 0 Å². The van der Waals surface area contributed by atoms with Gasteiger partial charge in [0.25, 0.3) is 0 Å². The Kier molecular flexibility index (Phi) is 5.17. The molecule has 0 N–H and O–H groups in total. The summed E-state index contributed by atoms with van der Waals surface area (Å²) in [5.74, 6) is 0.388. The second-order valence-corrected chi connectivity index (χ2v) is 9.20. The van der Waals surface area contributed by atoms with Crippen LogP contribution in [0.25, 0.3) is 0 Å². The Hall–Kier alpha value is -2.66. The summed E-state index contributed by atoms with van der Waals surface area (Å²) in [6.45, 7) is 6.61. The third-order valence-electron chi connectivity index (χ3n) is 5.66. The Morgan fingerprint density at radius 3 is 2.34 bits per heavy atom. The number of nitrogens with zero attached hydrogens (tertiary/aromatic N) is 3. The molecule has 0 saturated carbocycles. The van der Waals surface area contributed by atoms with E-state index in [0.29, 0.717) is 10.9 Å². The van der Waals surface area contributed by atoms with Crippen LogP contribution in [0.5, 0.6) is 0 Å². The number of hydrogen-bond acceptors (Lipinski definition) is 4. The van der Waals surface area contributed by atoms with E-state index in [0.717, 1.165) is 12.1 Å². The number of benzene rings is 2. The van der Waals surface area contributed by atoms with Crippen LogP contribution in [-0.4, -0.2) is 27.2 Å². The van der Waals surface area contributed by atoms with Gasteiger partial charge in [0.1, 0.15) is 0 Å². The van der Waals surface area contributed by atoms with E-state index in [2.05, 4.69) is 73.2 Å². The number of carbonyl (C=O) groups is 1. The first kappa shape index (κ1) is 19.6. The molecule has 1 aromatic heterocycles. The molecule has 5 heteroatoms. The summed E-state index contributed by atoms with van der Waals surface area (Å²) in [6.07, 6.45) is 4.25. The van der Waals surface area contributed by atoms with Crippen molar-refractivity contribution >= 4 is 23.4 Å². The summed E-state index contributed by atoms with van der Waals surface area (Å²) >= 11 is 1.38. The van der Waals surface area contributed by atoms with Crippen molar-refractivity contribution in [1.82, 2.24) is 9.97 Å². The predicted molar refractivity (Wildman–Crippen MR) is 118 cm³/mol. The molecule has 0 radical (unpaired) electrons. The zero-order valence-electron chi connectivity index (χ0n) is 17.0. The normalized spacial score (nSPS) is 20.2. The molecule has 1 aliphatic heterocycles. The number of aromatic nitrogens is 2. The van der Waals surface area contributed by atoms with Crippen LogP contribution < -0.4 is 4.90 Å². The van der Waals surface area contributed by atoms with Crippen molar-refractivity contribution in [3.05, 3.63) is 84.2 Å². The van der Waals surface area contributed by atoms with E-state index in [1.54, 1.807) is 18.5 Å². The first-order valence-corrected chi connectivity index (χ1v) is 10.8. The molecule has 4 nitrogen and oxygen atoms in total. The second-order valence-electron chi connectivity index (χ2n) is 8.25. The zero-order chi connectivity index (χ0) is 20.5. The molecular weight excluding hydrogens is 378 g/mol. The third kappa shape index (κ3) is 3.67. The van der Waals surface area contributed by atoms with Crippen LogP contribution in [-0.2, 0) is 10.2 Å². The van der Waals surface area contributed by atoms with Crippen LogP contribution in [0.3, 0.4) is 0 Å². The number of thioether (sulfide) groups is 1. The van der Waals surface area contributed by atoms with Crippen molar-refractivity contribution in [2.45, 2.75) is 43.3 Å². The molecule has 0 spiro atoms. The number of hydrogen-bond donors (Lipinski definition) is 0. The molecule has 2 aromatic carbocycles. The summed E-state index contributed by atoms with van der Waals surface area (Å²) in [5, 5.41) is 0.623. The first-order chi connectivity index (χ1) is 13.9. The van der Waals surface area contributed by atoms with E-state index in [-0.39, 0.29) is 16.9 Å². The fourth-order valence-corrected chi connectivity index (χ4v) is 5.24. The van der Waals surface area contributed by atoms with Gasteiger partial charge in [0, 0.05) is 29.0 Å². The highest BCUT2D eigenvalue weighted by Crippen LogP contribution is 2.50. The number of amides is 1. The molecule has 0 bridgehead atoms. The summed E-state index contributed by atoms with van der Waals surface area (Å²) in [6, 6.07) is 20.7. The molecule has 4 rings (SSSR count). The maximum Gasteiger partial charge on any atom is 0.237 e. The van der Waals surface area contributed by atoms with Gasteiger partial charge >= 0.3 is 0 Å². The van der Waals surface area contributed by atoms with Gasteiger partial charge in [-0.2, -0.15) is 0 Å². The molecule has 148 valence electrons. The molecule has 0 aliphatic carbocycles. The fraction of sp³-hybridized carbons (Fsp3) is 0.292. The molecule has 3 aromatic rings. The molecule has 1 amide bonds. The summed E-state index contributed by atoms with van der Waals surface area (Å²) in [4.78, 5) is 23.8. The number of anilines is 1. The van der Waals surface area contributed by atoms with E-state index in [1.807, 2.05) is 17.0 Å². The summed E-state index contributed by atoms with van der Waals surface area (Å²) in [7, 11) is 0. The monoisotopic (exact) mass is 403 g/mol. The number of carbonyl (C=O) groups excluding carboxylic acids is 1. The minimum atomic E-state index is -0.325. The van der Waals surface area contributed by atoms with E-state index in [9.17, 15) is 4.79 Å². The maximum absolute atomic E-state index is 13.3. The van der Waals surface area contributed by atoms with Crippen LogP contribution in [0.1, 0.15) is 38.3 Å². The minimum Gasteiger partial charge on any atom is -0.306 e. The van der Waals surface area contributed by atoms with Crippen LogP contribution >= 0.6 is 11.8 Å².